The van der Waals surface area contributed by atoms with Crippen LogP contribution in [0, 0.1) is 0 Å². The van der Waals surface area contributed by atoms with Gasteiger partial charge in [0.25, 0.3) is 5.91 Å². The van der Waals surface area contributed by atoms with Gasteiger partial charge in [0, 0.05) is 26.4 Å². The number of alkyl halides is 3. The Morgan fingerprint density at radius 1 is 1.43 bits per heavy atom. The van der Waals surface area contributed by atoms with E-state index in [0.717, 1.165) is 12.3 Å². The second-order valence-electron chi connectivity index (χ2n) is 5.29. The molecule has 1 amide bonds. The van der Waals surface area contributed by atoms with E-state index in [2.05, 4.69) is 20.4 Å². The zero-order chi connectivity index (χ0) is 16.6. The monoisotopic (exact) mass is 329 g/mol. The maximum atomic E-state index is 12.6. The van der Waals surface area contributed by atoms with Crippen molar-refractivity contribution in [1.82, 2.24) is 25.3 Å². The molecular weight excluding hydrogens is 315 g/mol. The van der Waals surface area contributed by atoms with Crippen molar-refractivity contribution in [3.63, 3.8) is 0 Å². The van der Waals surface area contributed by atoms with Crippen molar-refractivity contribution >= 4 is 5.91 Å². The quantitative estimate of drug-likeness (QED) is 0.891. The number of carbonyl (C=O) groups excluding carboxylic acids is 1. The molecule has 2 aromatic heterocycles. The number of ether oxygens (including phenoxy) is 1. The Kier molecular flexibility index (Phi) is 3.84. The molecule has 0 saturated carbocycles. The van der Waals surface area contributed by atoms with Gasteiger partial charge in [-0.15, -0.1) is 0 Å². The predicted molar refractivity (Wildman–Crippen MR) is 71.6 cm³/mol. The van der Waals surface area contributed by atoms with E-state index in [1.54, 1.807) is 6.20 Å². The fraction of sp³-hybridized carbons (Fsp3) is 0.462. The topological polar surface area (TPSA) is 86.9 Å². The van der Waals surface area contributed by atoms with E-state index >= 15 is 0 Å². The summed E-state index contributed by atoms with van der Waals surface area (Å²) >= 11 is 0. The highest BCUT2D eigenvalue weighted by Crippen LogP contribution is 2.31. The maximum Gasteiger partial charge on any atom is 0.431 e. The summed E-state index contributed by atoms with van der Waals surface area (Å²) in [4.78, 5) is 15.9. The van der Waals surface area contributed by atoms with Gasteiger partial charge in [-0.1, -0.05) is 0 Å². The van der Waals surface area contributed by atoms with Gasteiger partial charge in [0.15, 0.2) is 0 Å². The van der Waals surface area contributed by atoms with E-state index in [1.807, 2.05) is 0 Å². The Balaban J connectivity index is 1.77. The van der Waals surface area contributed by atoms with Gasteiger partial charge in [0.1, 0.15) is 5.69 Å². The van der Waals surface area contributed by atoms with Crippen LogP contribution in [0.5, 0.6) is 0 Å². The summed E-state index contributed by atoms with van der Waals surface area (Å²) in [6.45, 7) is 0.579. The molecule has 1 fully saturated rings. The summed E-state index contributed by atoms with van der Waals surface area (Å²) in [5.74, 6) is -0.659. The number of carbonyl (C=O) groups is 1. The van der Waals surface area contributed by atoms with E-state index in [1.165, 1.54) is 12.0 Å². The zero-order valence-electron chi connectivity index (χ0n) is 12.1. The highest BCUT2D eigenvalue weighted by atomic mass is 19.4. The second kappa shape index (κ2) is 5.69. The van der Waals surface area contributed by atoms with E-state index in [9.17, 15) is 18.0 Å². The van der Waals surface area contributed by atoms with E-state index in [4.69, 9.17) is 4.74 Å². The number of likely N-dealkylation sites (tertiary alicyclic amines) is 1. The van der Waals surface area contributed by atoms with Crippen molar-refractivity contribution in [2.24, 2.45) is 0 Å². The molecule has 0 unspecified atom stereocenters. The fourth-order valence-corrected chi connectivity index (χ4v) is 2.72. The smallest absolute Gasteiger partial charge is 0.379 e. The third-order valence-electron chi connectivity index (χ3n) is 3.91. The molecule has 1 aliphatic heterocycles. The first-order chi connectivity index (χ1) is 10.9. The predicted octanol–water partition coefficient (Wildman–Crippen LogP) is 1.41. The number of halogens is 3. The number of nitrogens with zero attached hydrogens (tertiary/aromatic N) is 3. The van der Waals surface area contributed by atoms with Gasteiger partial charge in [-0.3, -0.25) is 4.79 Å². The van der Waals surface area contributed by atoms with Crippen LogP contribution in [-0.4, -0.2) is 57.5 Å². The molecule has 7 nitrogen and oxygen atoms in total. The van der Waals surface area contributed by atoms with Gasteiger partial charge in [0.2, 0.25) is 0 Å². The van der Waals surface area contributed by atoms with Crippen molar-refractivity contribution in [3.8, 4) is 0 Å². The summed E-state index contributed by atoms with van der Waals surface area (Å²) in [7, 11) is 1.52. The lowest BCUT2D eigenvalue weighted by Crippen LogP contribution is -2.29. The van der Waals surface area contributed by atoms with Crippen LogP contribution in [0.4, 0.5) is 13.2 Å². The van der Waals surface area contributed by atoms with Crippen LogP contribution in [0.25, 0.3) is 0 Å². The molecule has 23 heavy (non-hydrogen) atoms. The molecule has 0 bridgehead atoms. The number of rotatable bonds is 3. The van der Waals surface area contributed by atoms with Gasteiger partial charge in [-0.25, -0.2) is 0 Å². The van der Waals surface area contributed by atoms with Crippen molar-refractivity contribution in [2.45, 2.75) is 18.2 Å². The first-order valence-electron chi connectivity index (χ1n) is 6.83. The molecule has 0 aliphatic carbocycles. The summed E-state index contributed by atoms with van der Waals surface area (Å²) in [6, 6.07) is 0.813. The lowest BCUT2D eigenvalue weighted by Gasteiger charge is -2.14. The summed E-state index contributed by atoms with van der Waals surface area (Å²) in [5, 5.41) is 10.2. The molecule has 0 radical (unpaired) electrons. The fourth-order valence-electron chi connectivity index (χ4n) is 2.72. The molecule has 2 aromatic rings. The van der Waals surface area contributed by atoms with Crippen molar-refractivity contribution < 1.29 is 22.7 Å². The van der Waals surface area contributed by atoms with E-state index in [0.29, 0.717) is 12.2 Å². The molecule has 3 heterocycles. The van der Waals surface area contributed by atoms with Gasteiger partial charge in [0.05, 0.1) is 29.5 Å². The normalized spacial score (nSPS) is 21.8. The minimum absolute atomic E-state index is 0.0343. The molecule has 124 valence electrons. The lowest BCUT2D eigenvalue weighted by molar-refractivity contribution is -0.140. The number of methoxy groups -OCH3 is 1. The number of hydrogen-bond donors (Lipinski definition) is 2. The van der Waals surface area contributed by atoms with E-state index in [-0.39, 0.29) is 24.1 Å². The Labute approximate surface area is 128 Å². The number of H-pyrrole nitrogens is 2. The minimum atomic E-state index is -4.51. The lowest BCUT2D eigenvalue weighted by atomic mass is 10.0. The zero-order valence-corrected chi connectivity index (χ0v) is 12.1. The van der Waals surface area contributed by atoms with E-state index < -0.39 is 17.8 Å². The number of amides is 1. The molecule has 3 rings (SSSR count). The molecule has 1 saturated heterocycles. The highest BCUT2D eigenvalue weighted by molar-refractivity contribution is 5.94. The molecule has 10 heteroatoms. The first kappa shape index (κ1) is 15.5. The molecule has 2 N–H and O–H groups in total. The van der Waals surface area contributed by atoms with Gasteiger partial charge < -0.3 is 14.6 Å². The standard InChI is InChI=1S/C13H14F3N5O2/c1-23-10-6-21(5-8(10)9-4-18-20-19-9)12(22)7-2-11(17-3-7)13(14,15)16/h2-4,8,10,17H,5-6H2,1H3,(H,18,19,20)/t8-,10+/m0/s1. The van der Waals surface area contributed by atoms with Gasteiger partial charge in [-0.05, 0) is 6.07 Å². The van der Waals surface area contributed by atoms with Crippen LogP contribution < -0.4 is 0 Å². The molecule has 1 aliphatic rings. The van der Waals surface area contributed by atoms with Crippen molar-refractivity contribution in [3.05, 3.63) is 35.4 Å². The Morgan fingerprint density at radius 2 is 2.22 bits per heavy atom. The third-order valence-corrected chi connectivity index (χ3v) is 3.91. The largest absolute Gasteiger partial charge is 0.431 e. The van der Waals surface area contributed by atoms with Gasteiger partial charge in [-0.2, -0.15) is 28.6 Å². The Bertz CT molecular complexity index is 682. The summed E-state index contributed by atoms with van der Waals surface area (Å²) < 4.78 is 43.2. The van der Waals surface area contributed by atoms with Gasteiger partial charge >= 0.3 is 6.18 Å². The Hall–Kier alpha value is -2.36. The Morgan fingerprint density at radius 3 is 2.78 bits per heavy atom. The molecular formula is C13H14F3N5O2. The maximum absolute atomic E-state index is 12.6. The van der Waals surface area contributed by atoms with Crippen LogP contribution >= 0.6 is 0 Å². The number of aromatic nitrogens is 4. The minimum Gasteiger partial charge on any atom is -0.379 e. The average Bonchev–Trinajstić information content (AvgIpc) is 3.23. The average molecular weight is 329 g/mol. The highest BCUT2D eigenvalue weighted by Gasteiger charge is 2.39. The molecule has 0 spiro atoms. The number of aromatic amines is 2. The van der Waals surface area contributed by atoms with Crippen LogP contribution in [0.3, 0.4) is 0 Å². The van der Waals surface area contributed by atoms with Crippen molar-refractivity contribution in [2.75, 3.05) is 20.2 Å². The SMILES string of the molecule is CO[C@@H]1CN(C(=O)c2c[nH]c(C(F)(F)F)c2)C[C@H]1c1cn[nH]n1. The van der Waals surface area contributed by atoms with Crippen LogP contribution in [0.2, 0.25) is 0 Å². The summed E-state index contributed by atoms with van der Waals surface area (Å²) in [5.41, 5.74) is -0.332. The number of hydrogen-bond acceptors (Lipinski definition) is 4. The third kappa shape index (κ3) is 2.93. The van der Waals surface area contributed by atoms with Crippen LogP contribution in [-0.2, 0) is 10.9 Å². The summed E-state index contributed by atoms with van der Waals surface area (Å²) in [6.07, 6.45) is -2.19. The molecule has 0 aromatic carbocycles. The number of nitrogens with one attached hydrogen (secondary N) is 2. The van der Waals surface area contributed by atoms with Crippen LogP contribution in [0.1, 0.15) is 27.7 Å². The second-order valence-corrected chi connectivity index (χ2v) is 5.29. The van der Waals surface area contributed by atoms with Crippen LogP contribution in [0.15, 0.2) is 18.5 Å². The van der Waals surface area contributed by atoms with Crippen molar-refractivity contribution in [1.29, 1.82) is 0 Å². The molecule has 2 atom stereocenters. The first-order valence-corrected chi connectivity index (χ1v) is 6.83.